The summed E-state index contributed by atoms with van der Waals surface area (Å²) in [5, 5.41) is 9.20. The first kappa shape index (κ1) is 17.8. The lowest BCUT2D eigenvalue weighted by Gasteiger charge is -2.12. The minimum absolute atomic E-state index is 0. The Hall–Kier alpha value is -1.59. The Bertz CT molecular complexity index is 573. The number of amides is 2. The molecule has 2 aliphatic rings. The standard InChI is InChI=1S/C17H23N3O2.ClH/c1-11-8-15(11)17(22)20-13-5-2-4-12(9-13)16(21)19-10-14-6-3-7-18-14;/h2,4-5,9,11,14-15,18H,3,6-8,10H2,1H3,(H,19,21)(H,20,22);1H. The van der Waals surface area contributed by atoms with Crippen LogP contribution in [0, 0.1) is 11.8 Å². The van der Waals surface area contributed by atoms with Gasteiger partial charge in [-0.05, 0) is 49.9 Å². The zero-order valence-electron chi connectivity index (χ0n) is 13.3. The summed E-state index contributed by atoms with van der Waals surface area (Å²) >= 11 is 0. The molecule has 1 heterocycles. The third kappa shape index (κ3) is 4.69. The van der Waals surface area contributed by atoms with E-state index in [1.54, 1.807) is 18.2 Å². The van der Waals surface area contributed by atoms with E-state index in [0.29, 0.717) is 29.8 Å². The van der Waals surface area contributed by atoms with Gasteiger partial charge in [0.2, 0.25) is 5.91 Å². The van der Waals surface area contributed by atoms with Gasteiger partial charge in [-0.1, -0.05) is 13.0 Å². The molecule has 1 aliphatic heterocycles. The minimum Gasteiger partial charge on any atom is -0.350 e. The number of benzene rings is 1. The Morgan fingerprint density at radius 3 is 2.78 bits per heavy atom. The predicted octanol–water partition coefficient (Wildman–Crippen LogP) is 2.18. The van der Waals surface area contributed by atoms with Gasteiger partial charge in [-0.2, -0.15) is 0 Å². The first-order chi connectivity index (χ1) is 10.6. The molecule has 2 amide bonds. The molecular weight excluding hydrogens is 314 g/mol. The number of carbonyl (C=O) groups is 2. The quantitative estimate of drug-likeness (QED) is 0.771. The van der Waals surface area contributed by atoms with Crippen LogP contribution >= 0.6 is 12.4 Å². The third-order valence-corrected chi connectivity index (χ3v) is 4.51. The van der Waals surface area contributed by atoms with Crippen LogP contribution in [-0.4, -0.2) is 30.9 Å². The van der Waals surface area contributed by atoms with Crippen molar-refractivity contribution in [3.63, 3.8) is 0 Å². The summed E-state index contributed by atoms with van der Waals surface area (Å²) in [5.41, 5.74) is 1.27. The Balaban J connectivity index is 0.00000192. The summed E-state index contributed by atoms with van der Waals surface area (Å²) in [5.74, 6) is 0.570. The zero-order valence-corrected chi connectivity index (χ0v) is 14.1. The van der Waals surface area contributed by atoms with Crippen molar-refractivity contribution in [2.75, 3.05) is 18.4 Å². The molecule has 3 rings (SSSR count). The van der Waals surface area contributed by atoms with Gasteiger partial charge in [-0.25, -0.2) is 0 Å². The fraction of sp³-hybridized carbons (Fsp3) is 0.529. The second-order valence-electron chi connectivity index (χ2n) is 6.39. The molecule has 0 bridgehead atoms. The molecule has 1 aromatic carbocycles. The smallest absolute Gasteiger partial charge is 0.251 e. The monoisotopic (exact) mass is 337 g/mol. The fourth-order valence-corrected chi connectivity index (χ4v) is 2.91. The first-order valence-electron chi connectivity index (χ1n) is 8.06. The SMILES string of the molecule is CC1CC1C(=O)Nc1cccc(C(=O)NCC2CCCN2)c1.Cl. The largest absolute Gasteiger partial charge is 0.350 e. The van der Waals surface area contributed by atoms with Crippen LogP contribution in [0.1, 0.15) is 36.5 Å². The molecule has 126 valence electrons. The summed E-state index contributed by atoms with van der Waals surface area (Å²) in [6, 6.07) is 7.51. The van der Waals surface area contributed by atoms with Crippen molar-refractivity contribution in [3.05, 3.63) is 29.8 Å². The second-order valence-corrected chi connectivity index (χ2v) is 6.39. The van der Waals surface area contributed by atoms with Crippen LogP contribution in [-0.2, 0) is 4.79 Å². The van der Waals surface area contributed by atoms with Crippen molar-refractivity contribution >= 4 is 29.9 Å². The number of carbonyl (C=O) groups excluding carboxylic acids is 2. The molecule has 1 saturated carbocycles. The molecule has 5 nitrogen and oxygen atoms in total. The highest BCUT2D eigenvalue weighted by Gasteiger charge is 2.39. The normalized spacial score (nSPS) is 25.3. The van der Waals surface area contributed by atoms with Crippen molar-refractivity contribution in [3.8, 4) is 0 Å². The van der Waals surface area contributed by atoms with Crippen LogP contribution in [0.15, 0.2) is 24.3 Å². The van der Waals surface area contributed by atoms with E-state index in [1.165, 1.54) is 6.42 Å². The Morgan fingerprint density at radius 1 is 1.35 bits per heavy atom. The average molecular weight is 338 g/mol. The van der Waals surface area contributed by atoms with E-state index in [2.05, 4.69) is 22.9 Å². The van der Waals surface area contributed by atoms with Crippen molar-refractivity contribution < 1.29 is 9.59 Å². The average Bonchev–Trinajstić information content (AvgIpc) is 3.03. The number of rotatable bonds is 5. The number of halogens is 1. The van der Waals surface area contributed by atoms with Crippen LogP contribution in [0.4, 0.5) is 5.69 Å². The van der Waals surface area contributed by atoms with Gasteiger partial charge in [0.25, 0.3) is 5.91 Å². The molecule has 3 N–H and O–H groups in total. The number of nitrogens with one attached hydrogen (secondary N) is 3. The number of hydrogen-bond acceptors (Lipinski definition) is 3. The van der Waals surface area contributed by atoms with Crippen molar-refractivity contribution in [2.24, 2.45) is 11.8 Å². The Labute approximate surface area is 143 Å². The Morgan fingerprint density at radius 2 is 2.13 bits per heavy atom. The van der Waals surface area contributed by atoms with E-state index in [1.807, 2.05) is 6.07 Å². The second kappa shape index (κ2) is 7.79. The lowest BCUT2D eigenvalue weighted by atomic mass is 10.1. The summed E-state index contributed by atoms with van der Waals surface area (Å²) < 4.78 is 0. The summed E-state index contributed by atoms with van der Waals surface area (Å²) in [6.07, 6.45) is 3.23. The van der Waals surface area contributed by atoms with Crippen LogP contribution < -0.4 is 16.0 Å². The molecule has 0 spiro atoms. The molecular formula is C17H24ClN3O2. The summed E-state index contributed by atoms with van der Waals surface area (Å²) in [4.78, 5) is 24.1. The molecule has 2 fully saturated rings. The maximum atomic E-state index is 12.2. The summed E-state index contributed by atoms with van der Waals surface area (Å²) in [6.45, 7) is 3.75. The van der Waals surface area contributed by atoms with E-state index in [0.717, 1.165) is 19.4 Å². The molecule has 23 heavy (non-hydrogen) atoms. The van der Waals surface area contributed by atoms with E-state index < -0.39 is 0 Å². The molecule has 3 atom stereocenters. The van der Waals surface area contributed by atoms with E-state index in [-0.39, 0.29) is 30.1 Å². The first-order valence-corrected chi connectivity index (χ1v) is 8.06. The predicted molar refractivity (Wildman–Crippen MR) is 92.9 cm³/mol. The van der Waals surface area contributed by atoms with Gasteiger partial charge in [-0.15, -0.1) is 12.4 Å². The van der Waals surface area contributed by atoms with Crippen LogP contribution in [0.5, 0.6) is 0 Å². The molecule has 0 radical (unpaired) electrons. The zero-order chi connectivity index (χ0) is 15.5. The van der Waals surface area contributed by atoms with Crippen molar-refractivity contribution in [2.45, 2.75) is 32.2 Å². The maximum Gasteiger partial charge on any atom is 0.251 e. The highest BCUT2D eigenvalue weighted by atomic mass is 35.5. The number of hydrogen-bond donors (Lipinski definition) is 3. The van der Waals surface area contributed by atoms with Gasteiger partial charge in [0, 0.05) is 29.8 Å². The van der Waals surface area contributed by atoms with Crippen LogP contribution in [0.3, 0.4) is 0 Å². The van der Waals surface area contributed by atoms with E-state index >= 15 is 0 Å². The van der Waals surface area contributed by atoms with Gasteiger partial charge in [0.1, 0.15) is 0 Å². The highest BCUT2D eigenvalue weighted by molar-refractivity contribution is 5.98. The van der Waals surface area contributed by atoms with Gasteiger partial charge in [0.05, 0.1) is 0 Å². The van der Waals surface area contributed by atoms with Gasteiger partial charge in [-0.3, -0.25) is 9.59 Å². The Kier molecular flexibility index (Phi) is 6.02. The van der Waals surface area contributed by atoms with E-state index in [4.69, 9.17) is 0 Å². The van der Waals surface area contributed by atoms with E-state index in [9.17, 15) is 9.59 Å². The van der Waals surface area contributed by atoms with Crippen LogP contribution in [0.25, 0.3) is 0 Å². The molecule has 1 aliphatic carbocycles. The molecule has 1 aromatic rings. The number of anilines is 1. The lowest BCUT2D eigenvalue weighted by Crippen LogP contribution is -2.37. The lowest BCUT2D eigenvalue weighted by molar-refractivity contribution is -0.117. The molecule has 3 unspecified atom stereocenters. The van der Waals surface area contributed by atoms with Gasteiger partial charge < -0.3 is 16.0 Å². The van der Waals surface area contributed by atoms with Crippen LogP contribution in [0.2, 0.25) is 0 Å². The molecule has 6 heteroatoms. The minimum atomic E-state index is -0.0930. The molecule has 1 saturated heterocycles. The van der Waals surface area contributed by atoms with Crippen molar-refractivity contribution in [1.29, 1.82) is 0 Å². The van der Waals surface area contributed by atoms with Gasteiger partial charge in [0.15, 0.2) is 0 Å². The molecule has 0 aromatic heterocycles. The van der Waals surface area contributed by atoms with Crippen molar-refractivity contribution in [1.82, 2.24) is 10.6 Å². The fourth-order valence-electron chi connectivity index (χ4n) is 2.91. The van der Waals surface area contributed by atoms with Gasteiger partial charge >= 0.3 is 0 Å². The summed E-state index contributed by atoms with van der Waals surface area (Å²) in [7, 11) is 0. The highest BCUT2D eigenvalue weighted by Crippen LogP contribution is 2.38. The third-order valence-electron chi connectivity index (χ3n) is 4.51. The topological polar surface area (TPSA) is 70.2 Å². The maximum absolute atomic E-state index is 12.2.